The van der Waals surface area contributed by atoms with Gasteiger partial charge in [0.15, 0.2) is 0 Å². The fourth-order valence-corrected chi connectivity index (χ4v) is 4.49. The topological polar surface area (TPSA) is 132 Å². The Kier molecular flexibility index (Phi) is 9.53. The van der Waals surface area contributed by atoms with Gasteiger partial charge in [0.25, 0.3) is 22.5 Å². The molecular formula is C25H31N3O6S. The normalized spacial score (nSPS) is 13.7. The predicted octanol–water partition coefficient (Wildman–Crippen LogP) is 4.25. The van der Waals surface area contributed by atoms with E-state index in [0.717, 1.165) is 30.4 Å². The molecule has 0 radical (unpaired) electrons. The fraction of sp³-hybridized carbons (Fsp3) is 0.400. The quantitative estimate of drug-likeness (QED) is 0.238. The summed E-state index contributed by atoms with van der Waals surface area (Å²) < 4.78 is 34.9. The van der Waals surface area contributed by atoms with E-state index < -0.39 is 10.1 Å². The number of rotatable bonds is 10. The van der Waals surface area contributed by atoms with Gasteiger partial charge in [0.05, 0.1) is 0 Å². The number of nitrogens with zero attached hydrogens (tertiary/aromatic N) is 2. The van der Waals surface area contributed by atoms with Crippen LogP contribution in [0.5, 0.6) is 0 Å². The van der Waals surface area contributed by atoms with Crippen molar-refractivity contribution < 1.29 is 27.0 Å². The van der Waals surface area contributed by atoms with Gasteiger partial charge in [-0.05, 0) is 48.4 Å². The van der Waals surface area contributed by atoms with E-state index in [1.807, 2.05) is 12.1 Å². The van der Waals surface area contributed by atoms with Gasteiger partial charge in [-0.15, -0.1) is 0 Å². The SMILES string of the molecule is CC(C)Cc1ccc(-c2nc(-c3ccc(CS(=O)(=O)OCNC4CCC4)cc3)no2)cc1.O=CO. The number of aromatic nitrogens is 2. The first-order chi connectivity index (χ1) is 16.8. The molecule has 0 amide bonds. The van der Waals surface area contributed by atoms with Gasteiger partial charge in [0.1, 0.15) is 12.5 Å². The molecule has 1 heterocycles. The molecule has 0 saturated heterocycles. The molecule has 2 N–H and O–H groups in total. The number of benzene rings is 2. The summed E-state index contributed by atoms with van der Waals surface area (Å²) in [5.41, 5.74) is 3.54. The largest absolute Gasteiger partial charge is 0.483 e. The Labute approximate surface area is 205 Å². The van der Waals surface area contributed by atoms with Crippen LogP contribution in [0.25, 0.3) is 22.8 Å². The minimum Gasteiger partial charge on any atom is -0.483 e. The number of carbonyl (C=O) groups is 1. The highest BCUT2D eigenvalue weighted by atomic mass is 32.2. The lowest BCUT2D eigenvalue weighted by molar-refractivity contribution is -0.122. The Morgan fingerprint density at radius 1 is 1.09 bits per heavy atom. The molecule has 0 bridgehead atoms. The number of nitrogens with one attached hydrogen (secondary N) is 1. The monoisotopic (exact) mass is 501 g/mol. The Hall–Kier alpha value is -3.08. The smallest absolute Gasteiger partial charge is 0.290 e. The standard InChI is InChI=1S/C24H29N3O4S.CH2O2/c1-17(2)14-18-6-12-21(13-7-18)24-26-23(27-31-24)20-10-8-19(9-11-20)15-32(28,29)30-16-25-22-4-3-5-22;2-1-3/h6-13,17,22,25H,3-5,14-16H2,1-2H3;1H,(H,2,3). The molecule has 9 nitrogen and oxygen atoms in total. The summed E-state index contributed by atoms with van der Waals surface area (Å²) in [7, 11) is -3.65. The van der Waals surface area contributed by atoms with Crippen molar-refractivity contribution in [2.75, 3.05) is 6.73 Å². The Balaban J connectivity index is 0.00000108. The summed E-state index contributed by atoms with van der Waals surface area (Å²) in [5, 5.41) is 14.1. The molecule has 2 aromatic carbocycles. The van der Waals surface area contributed by atoms with Crippen LogP contribution >= 0.6 is 0 Å². The number of hydrogen-bond acceptors (Lipinski definition) is 8. The van der Waals surface area contributed by atoms with Gasteiger partial charge in [-0.2, -0.15) is 13.4 Å². The van der Waals surface area contributed by atoms with Crippen molar-refractivity contribution in [2.24, 2.45) is 5.92 Å². The van der Waals surface area contributed by atoms with E-state index >= 15 is 0 Å². The molecule has 4 rings (SSSR count). The number of hydrogen-bond donors (Lipinski definition) is 2. The summed E-state index contributed by atoms with van der Waals surface area (Å²) in [4.78, 5) is 12.8. The molecule has 0 atom stereocenters. The van der Waals surface area contributed by atoms with Gasteiger partial charge in [0.2, 0.25) is 5.82 Å². The molecule has 0 aliphatic heterocycles. The zero-order valence-electron chi connectivity index (χ0n) is 19.9. The maximum absolute atomic E-state index is 12.2. The first kappa shape index (κ1) is 26.5. The van der Waals surface area contributed by atoms with Gasteiger partial charge in [0, 0.05) is 17.2 Å². The Bertz CT molecular complexity index is 1170. The van der Waals surface area contributed by atoms with Gasteiger partial charge in [-0.3, -0.25) is 14.3 Å². The van der Waals surface area contributed by atoms with Crippen molar-refractivity contribution in [1.29, 1.82) is 0 Å². The molecule has 3 aromatic rings. The molecule has 0 unspecified atom stereocenters. The van der Waals surface area contributed by atoms with Crippen LogP contribution in [0.15, 0.2) is 53.1 Å². The van der Waals surface area contributed by atoms with Crippen molar-refractivity contribution in [2.45, 2.75) is 51.3 Å². The molecule has 1 aliphatic rings. The van der Waals surface area contributed by atoms with E-state index in [1.165, 1.54) is 12.0 Å². The first-order valence-corrected chi connectivity index (χ1v) is 13.1. The third-order valence-electron chi connectivity index (χ3n) is 5.54. The van der Waals surface area contributed by atoms with Gasteiger partial charge >= 0.3 is 0 Å². The molecule has 1 aliphatic carbocycles. The van der Waals surface area contributed by atoms with E-state index in [2.05, 4.69) is 41.4 Å². The third-order valence-corrected chi connectivity index (χ3v) is 6.71. The van der Waals surface area contributed by atoms with Crippen LogP contribution in [0.3, 0.4) is 0 Å². The van der Waals surface area contributed by atoms with Crippen LogP contribution in [-0.2, 0) is 31.3 Å². The Morgan fingerprint density at radius 3 is 2.26 bits per heavy atom. The maximum atomic E-state index is 12.2. The average molecular weight is 502 g/mol. The van der Waals surface area contributed by atoms with E-state index in [4.69, 9.17) is 18.6 Å². The summed E-state index contributed by atoms with van der Waals surface area (Å²) in [5.74, 6) is 1.33. The average Bonchev–Trinajstić information content (AvgIpc) is 3.27. The highest BCUT2D eigenvalue weighted by Crippen LogP contribution is 2.24. The summed E-state index contributed by atoms with van der Waals surface area (Å²) in [6.07, 6.45) is 4.36. The van der Waals surface area contributed by atoms with Crippen LogP contribution in [0.4, 0.5) is 0 Å². The van der Waals surface area contributed by atoms with E-state index in [1.54, 1.807) is 24.3 Å². The van der Waals surface area contributed by atoms with Crippen LogP contribution in [0.1, 0.15) is 44.2 Å². The van der Waals surface area contributed by atoms with E-state index in [0.29, 0.717) is 29.2 Å². The number of carboxylic acid groups (broad SMARTS) is 1. The van der Waals surface area contributed by atoms with Gasteiger partial charge in [-0.1, -0.05) is 61.8 Å². The zero-order chi connectivity index (χ0) is 25.3. The lowest BCUT2D eigenvalue weighted by Gasteiger charge is -2.26. The Morgan fingerprint density at radius 2 is 1.69 bits per heavy atom. The van der Waals surface area contributed by atoms with E-state index in [-0.39, 0.29) is 19.0 Å². The molecule has 188 valence electrons. The minimum absolute atomic E-state index is 0.0230. The van der Waals surface area contributed by atoms with Crippen molar-refractivity contribution >= 4 is 16.6 Å². The fourth-order valence-electron chi connectivity index (χ4n) is 3.56. The maximum Gasteiger partial charge on any atom is 0.290 e. The predicted molar refractivity (Wildman–Crippen MR) is 132 cm³/mol. The molecule has 10 heteroatoms. The molecule has 1 saturated carbocycles. The molecular weight excluding hydrogens is 470 g/mol. The van der Waals surface area contributed by atoms with Crippen LogP contribution in [0.2, 0.25) is 0 Å². The van der Waals surface area contributed by atoms with E-state index in [9.17, 15) is 8.42 Å². The second-order valence-corrected chi connectivity index (χ2v) is 10.5. The van der Waals surface area contributed by atoms with Crippen LogP contribution < -0.4 is 5.32 Å². The van der Waals surface area contributed by atoms with Crippen molar-refractivity contribution in [1.82, 2.24) is 15.5 Å². The van der Waals surface area contributed by atoms with Gasteiger partial charge in [-0.25, -0.2) is 0 Å². The molecule has 1 aromatic heterocycles. The first-order valence-electron chi connectivity index (χ1n) is 11.5. The lowest BCUT2D eigenvalue weighted by atomic mass is 9.94. The highest BCUT2D eigenvalue weighted by Gasteiger charge is 2.19. The second kappa shape index (κ2) is 12.6. The molecule has 1 fully saturated rings. The third kappa shape index (κ3) is 8.27. The van der Waals surface area contributed by atoms with Gasteiger partial charge < -0.3 is 9.63 Å². The summed E-state index contributed by atoms with van der Waals surface area (Å²) in [6, 6.07) is 15.6. The van der Waals surface area contributed by atoms with Crippen LogP contribution in [-0.4, -0.2) is 42.9 Å². The second-order valence-electron chi connectivity index (χ2n) is 8.82. The summed E-state index contributed by atoms with van der Waals surface area (Å²) >= 11 is 0. The molecule has 0 spiro atoms. The van der Waals surface area contributed by atoms with Crippen molar-refractivity contribution in [3.63, 3.8) is 0 Å². The lowest BCUT2D eigenvalue weighted by Crippen LogP contribution is -2.37. The zero-order valence-corrected chi connectivity index (χ0v) is 20.7. The highest BCUT2D eigenvalue weighted by molar-refractivity contribution is 7.85. The van der Waals surface area contributed by atoms with Crippen molar-refractivity contribution in [3.8, 4) is 22.8 Å². The van der Waals surface area contributed by atoms with Crippen molar-refractivity contribution in [3.05, 3.63) is 59.7 Å². The minimum atomic E-state index is -3.65. The molecule has 35 heavy (non-hydrogen) atoms. The van der Waals surface area contributed by atoms with Crippen LogP contribution in [0, 0.1) is 5.92 Å². The summed E-state index contributed by atoms with van der Waals surface area (Å²) in [6.45, 7) is 4.16.